The van der Waals surface area contributed by atoms with E-state index in [-0.39, 0.29) is 29.9 Å². The molecule has 0 heterocycles. The van der Waals surface area contributed by atoms with E-state index < -0.39 is 0 Å². The van der Waals surface area contributed by atoms with Gasteiger partial charge in [-0.3, -0.25) is 9.79 Å². The highest BCUT2D eigenvalue weighted by molar-refractivity contribution is 14.0. The van der Waals surface area contributed by atoms with Crippen LogP contribution in [0.15, 0.2) is 53.5 Å². The summed E-state index contributed by atoms with van der Waals surface area (Å²) in [6, 6.07) is 15.8. The Labute approximate surface area is 203 Å². The number of nitrogens with one attached hydrogen (secondary N) is 2. The van der Waals surface area contributed by atoms with Crippen LogP contribution in [-0.2, 0) is 6.42 Å². The van der Waals surface area contributed by atoms with Crippen molar-refractivity contribution in [2.24, 2.45) is 4.99 Å². The first-order valence-corrected chi connectivity index (χ1v) is 10.5. The Bertz CT molecular complexity index is 840. The van der Waals surface area contributed by atoms with Crippen molar-refractivity contribution >= 4 is 35.8 Å². The molecule has 6 nitrogen and oxygen atoms in total. The smallest absolute Gasteiger partial charge is 0.253 e. The zero-order valence-electron chi connectivity index (χ0n) is 19.0. The molecule has 0 aromatic heterocycles. The normalized spacial score (nSPS) is 10.8. The van der Waals surface area contributed by atoms with Gasteiger partial charge in [-0.15, -0.1) is 24.0 Å². The Hall–Kier alpha value is -2.29. The van der Waals surface area contributed by atoms with Crippen molar-refractivity contribution in [2.45, 2.75) is 26.7 Å². The number of halogens is 1. The lowest BCUT2D eigenvalue weighted by molar-refractivity contribution is 0.0827. The van der Waals surface area contributed by atoms with Crippen LogP contribution in [0.2, 0.25) is 0 Å². The van der Waals surface area contributed by atoms with Gasteiger partial charge >= 0.3 is 0 Å². The first-order chi connectivity index (χ1) is 14.5. The van der Waals surface area contributed by atoms with Gasteiger partial charge < -0.3 is 20.3 Å². The molecule has 2 aromatic rings. The Balaban J connectivity index is 0.00000480. The fourth-order valence-electron chi connectivity index (χ4n) is 2.94. The first kappa shape index (κ1) is 26.7. The third kappa shape index (κ3) is 9.59. The number of hydrogen-bond acceptors (Lipinski definition) is 3. The maximum Gasteiger partial charge on any atom is 0.253 e. The molecule has 0 radical (unpaired) electrons. The third-order valence-electron chi connectivity index (χ3n) is 4.55. The molecule has 0 aliphatic rings. The van der Waals surface area contributed by atoms with Crippen LogP contribution in [0.25, 0.3) is 0 Å². The number of nitrogens with zero attached hydrogens (tertiary/aromatic N) is 2. The van der Waals surface area contributed by atoms with Crippen molar-refractivity contribution in [3.05, 3.63) is 65.2 Å². The monoisotopic (exact) mass is 538 g/mol. The Morgan fingerprint density at radius 1 is 1.10 bits per heavy atom. The van der Waals surface area contributed by atoms with Crippen molar-refractivity contribution in [3.63, 3.8) is 0 Å². The minimum Gasteiger partial charge on any atom is -0.493 e. The third-order valence-corrected chi connectivity index (χ3v) is 4.55. The number of carbonyl (C=O) groups excluding carboxylic acids is 1. The van der Waals surface area contributed by atoms with Gasteiger partial charge in [0.05, 0.1) is 6.61 Å². The molecule has 0 atom stereocenters. The zero-order valence-corrected chi connectivity index (χ0v) is 21.3. The lowest BCUT2D eigenvalue weighted by Crippen LogP contribution is -2.38. The number of rotatable bonds is 10. The fraction of sp³-hybridized carbons (Fsp3) is 0.417. The molecule has 0 saturated heterocycles. The van der Waals surface area contributed by atoms with E-state index in [0.717, 1.165) is 48.8 Å². The van der Waals surface area contributed by atoms with Crippen LogP contribution in [-0.4, -0.2) is 57.1 Å². The van der Waals surface area contributed by atoms with Crippen LogP contribution in [0.1, 0.15) is 34.8 Å². The van der Waals surface area contributed by atoms with Gasteiger partial charge in [-0.2, -0.15) is 0 Å². The number of aryl methyl sites for hydroxylation is 1. The summed E-state index contributed by atoms with van der Waals surface area (Å²) in [7, 11) is 3.53. The molecule has 0 fully saturated rings. The molecule has 0 aliphatic heterocycles. The van der Waals surface area contributed by atoms with Gasteiger partial charge in [0, 0.05) is 45.7 Å². The summed E-state index contributed by atoms with van der Waals surface area (Å²) < 4.78 is 5.82. The molecule has 2 rings (SSSR count). The van der Waals surface area contributed by atoms with Crippen molar-refractivity contribution in [2.75, 3.05) is 40.3 Å². The number of amides is 1. The van der Waals surface area contributed by atoms with E-state index in [4.69, 9.17) is 4.74 Å². The average Bonchev–Trinajstić information content (AvgIpc) is 2.74. The summed E-state index contributed by atoms with van der Waals surface area (Å²) in [6.07, 6.45) is 1.66. The van der Waals surface area contributed by atoms with E-state index in [2.05, 4.69) is 22.5 Å². The minimum atomic E-state index is 0. The van der Waals surface area contributed by atoms with Gasteiger partial charge in [0.25, 0.3) is 5.91 Å². The van der Waals surface area contributed by atoms with E-state index in [1.165, 1.54) is 0 Å². The van der Waals surface area contributed by atoms with Crippen LogP contribution >= 0.6 is 24.0 Å². The van der Waals surface area contributed by atoms with Gasteiger partial charge in [-0.05, 0) is 49.6 Å². The molecular formula is C24H35IN4O2. The average molecular weight is 538 g/mol. The maximum absolute atomic E-state index is 12.1. The molecule has 0 saturated carbocycles. The zero-order chi connectivity index (χ0) is 21.8. The summed E-state index contributed by atoms with van der Waals surface area (Å²) in [6.45, 7) is 6.97. The van der Waals surface area contributed by atoms with Crippen LogP contribution in [0.5, 0.6) is 5.75 Å². The molecule has 2 N–H and O–H groups in total. The molecular weight excluding hydrogens is 503 g/mol. The van der Waals surface area contributed by atoms with Gasteiger partial charge in [-0.1, -0.05) is 30.3 Å². The Morgan fingerprint density at radius 3 is 2.58 bits per heavy atom. The lowest BCUT2D eigenvalue weighted by Gasteiger charge is -2.13. The number of ether oxygens (including phenoxy) is 1. The van der Waals surface area contributed by atoms with Crippen LogP contribution in [0.4, 0.5) is 0 Å². The second-order valence-corrected chi connectivity index (χ2v) is 7.30. The summed E-state index contributed by atoms with van der Waals surface area (Å²) in [5.41, 5.74) is 2.98. The van der Waals surface area contributed by atoms with Crippen LogP contribution in [0, 0.1) is 6.92 Å². The number of guanidine groups is 1. The summed E-state index contributed by atoms with van der Waals surface area (Å²) >= 11 is 0. The van der Waals surface area contributed by atoms with E-state index in [0.29, 0.717) is 18.7 Å². The van der Waals surface area contributed by atoms with Gasteiger partial charge in [0.15, 0.2) is 5.96 Å². The number of benzene rings is 2. The maximum atomic E-state index is 12.1. The van der Waals surface area contributed by atoms with Gasteiger partial charge in [-0.25, -0.2) is 0 Å². The number of para-hydroxylation sites is 1. The van der Waals surface area contributed by atoms with E-state index >= 15 is 0 Å². The molecule has 7 heteroatoms. The highest BCUT2D eigenvalue weighted by Gasteiger charge is 2.08. The van der Waals surface area contributed by atoms with Crippen molar-refractivity contribution in [3.8, 4) is 5.75 Å². The quantitative estimate of drug-likeness (QED) is 0.209. The highest BCUT2D eigenvalue weighted by atomic mass is 127. The predicted octanol–water partition coefficient (Wildman–Crippen LogP) is 3.88. The molecule has 1 amide bonds. The highest BCUT2D eigenvalue weighted by Crippen LogP contribution is 2.16. The molecule has 0 spiro atoms. The predicted molar refractivity (Wildman–Crippen MR) is 139 cm³/mol. The number of carbonyl (C=O) groups is 1. The molecule has 0 bridgehead atoms. The Kier molecular flexibility index (Phi) is 12.7. The summed E-state index contributed by atoms with van der Waals surface area (Å²) in [5, 5.41) is 6.63. The second kappa shape index (κ2) is 14.7. The summed E-state index contributed by atoms with van der Waals surface area (Å²) in [5.74, 6) is 1.75. The van der Waals surface area contributed by atoms with Crippen LogP contribution in [0.3, 0.4) is 0 Å². The van der Waals surface area contributed by atoms with Crippen molar-refractivity contribution in [1.82, 2.24) is 15.5 Å². The molecule has 31 heavy (non-hydrogen) atoms. The van der Waals surface area contributed by atoms with Gasteiger partial charge in [0.1, 0.15) is 5.75 Å². The number of aliphatic imine (C=N–C) groups is 1. The molecule has 2 aromatic carbocycles. The summed E-state index contributed by atoms with van der Waals surface area (Å²) in [4.78, 5) is 18.3. The fourth-order valence-corrected chi connectivity index (χ4v) is 2.94. The second-order valence-electron chi connectivity index (χ2n) is 7.30. The van der Waals surface area contributed by atoms with E-state index in [1.54, 1.807) is 19.0 Å². The standard InChI is InChI=1S/C24H34N4O2.HI/c1-5-25-24(26-15-9-17-30-22-13-7-6-10-19(22)2)27-16-14-20-11-8-12-21(18-20)23(29)28(3)4;/h6-8,10-13,18H,5,9,14-17H2,1-4H3,(H2,25,26,27);1H. The number of hydrogen-bond donors (Lipinski definition) is 2. The van der Waals surface area contributed by atoms with Gasteiger partial charge in [0.2, 0.25) is 0 Å². The molecule has 0 unspecified atom stereocenters. The van der Waals surface area contributed by atoms with E-state index in [9.17, 15) is 4.79 Å². The first-order valence-electron chi connectivity index (χ1n) is 10.5. The lowest BCUT2D eigenvalue weighted by atomic mass is 10.1. The van der Waals surface area contributed by atoms with Crippen LogP contribution < -0.4 is 15.4 Å². The Morgan fingerprint density at radius 2 is 1.87 bits per heavy atom. The van der Waals surface area contributed by atoms with E-state index in [1.807, 2.05) is 55.5 Å². The minimum absolute atomic E-state index is 0. The molecule has 170 valence electrons. The largest absolute Gasteiger partial charge is 0.493 e. The SMILES string of the molecule is CCNC(=NCCCOc1ccccc1C)NCCc1cccc(C(=O)N(C)C)c1.I. The molecule has 0 aliphatic carbocycles. The van der Waals surface area contributed by atoms with Crippen molar-refractivity contribution < 1.29 is 9.53 Å². The topological polar surface area (TPSA) is 66.0 Å². The van der Waals surface area contributed by atoms with Crippen molar-refractivity contribution in [1.29, 1.82) is 0 Å².